The molecule has 2 rings (SSSR count). The Kier molecular flexibility index (Phi) is 5.73. The summed E-state index contributed by atoms with van der Waals surface area (Å²) in [6, 6.07) is 5.58. The predicted molar refractivity (Wildman–Crippen MR) is 94.1 cm³/mol. The SMILES string of the molecule is O=[N+]([O-])c1cc(S(=O)(=O)NN=Cc2cc(Cl)cc(Cl)c2O)ccc1Cl. The summed E-state index contributed by atoms with van der Waals surface area (Å²) < 4.78 is 24.2. The van der Waals surface area contributed by atoms with E-state index < -0.39 is 25.5 Å². The van der Waals surface area contributed by atoms with Crippen molar-refractivity contribution in [1.29, 1.82) is 0 Å². The van der Waals surface area contributed by atoms with Gasteiger partial charge in [0.15, 0.2) is 0 Å². The van der Waals surface area contributed by atoms with Gasteiger partial charge in [-0.05, 0) is 24.3 Å². The number of benzene rings is 2. The van der Waals surface area contributed by atoms with Gasteiger partial charge in [-0.2, -0.15) is 13.5 Å². The van der Waals surface area contributed by atoms with Gasteiger partial charge in [0.1, 0.15) is 10.8 Å². The van der Waals surface area contributed by atoms with Crippen LogP contribution in [0.25, 0.3) is 0 Å². The minimum Gasteiger partial charge on any atom is -0.506 e. The Labute approximate surface area is 156 Å². The van der Waals surface area contributed by atoms with E-state index in [2.05, 4.69) is 5.10 Å². The van der Waals surface area contributed by atoms with Crippen molar-refractivity contribution in [2.45, 2.75) is 4.90 Å². The summed E-state index contributed by atoms with van der Waals surface area (Å²) >= 11 is 17.1. The topological polar surface area (TPSA) is 122 Å². The van der Waals surface area contributed by atoms with Crippen LogP contribution in [-0.2, 0) is 10.0 Å². The van der Waals surface area contributed by atoms with Gasteiger partial charge in [0.25, 0.3) is 15.7 Å². The molecule has 0 unspecified atom stereocenters. The Bertz CT molecular complexity index is 979. The van der Waals surface area contributed by atoms with Crippen LogP contribution in [0.5, 0.6) is 5.75 Å². The predicted octanol–water partition coefficient (Wildman–Crippen LogP) is 3.57. The standard InChI is InChI=1S/C13H8Cl3N3O5S/c14-8-3-7(13(20)11(16)4-8)6-17-18-25(23,24)9-1-2-10(15)12(5-9)19(21)22/h1-6,18,20H. The van der Waals surface area contributed by atoms with E-state index in [9.17, 15) is 23.6 Å². The molecule has 0 aromatic heterocycles. The highest BCUT2D eigenvalue weighted by molar-refractivity contribution is 7.89. The van der Waals surface area contributed by atoms with Crippen LogP contribution in [-0.4, -0.2) is 24.7 Å². The third-order valence-electron chi connectivity index (χ3n) is 2.86. The fourth-order valence-electron chi connectivity index (χ4n) is 1.70. The average molecular weight is 425 g/mol. The van der Waals surface area contributed by atoms with Gasteiger partial charge in [-0.15, -0.1) is 0 Å². The van der Waals surface area contributed by atoms with Crippen LogP contribution in [0.2, 0.25) is 15.1 Å². The summed E-state index contributed by atoms with van der Waals surface area (Å²) in [7, 11) is -4.19. The molecule has 0 aliphatic carbocycles. The molecule has 0 saturated heterocycles. The minimum atomic E-state index is -4.19. The number of sulfonamides is 1. The lowest BCUT2D eigenvalue weighted by molar-refractivity contribution is -0.384. The molecule has 0 fully saturated rings. The lowest BCUT2D eigenvalue weighted by Gasteiger charge is -2.05. The normalized spacial score (nSPS) is 11.6. The number of aromatic hydroxyl groups is 1. The molecular weight excluding hydrogens is 417 g/mol. The molecule has 0 bridgehead atoms. The molecule has 0 saturated carbocycles. The fraction of sp³-hybridized carbons (Fsp3) is 0. The second-order valence-electron chi connectivity index (χ2n) is 4.55. The number of nitro groups is 1. The monoisotopic (exact) mass is 423 g/mol. The molecule has 25 heavy (non-hydrogen) atoms. The fourth-order valence-corrected chi connectivity index (χ4v) is 3.21. The van der Waals surface area contributed by atoms with Crippen LogP contribution in [0.3, 0.4) is 0 Å². The average Bonchev–Trinajstić information content (AvgIpc) is 2.51. The zero-order chi connectivity index (χ0) is 18.8. The molecule has 12 heteroatoms. The van der Waals surface area contributed by atoms with Gasteiger partial charge < -0.3 is 5.11 Å². The number of hydrogen-bond acceptors (Lipinski definition) is 6. The van der Waals surface area contributed by atoms with E-state index in [0.717, 1.165) is 24.4 Å². The molecule has 0 heterocycles. The van der Waals surface area contributed by atoms with Crippen molar-refractivity contribution in [1.82, 2.24) is 4.83 Å². The zero-order valence-electron chi connectivity index (χ0n) is 12.0. The first-order valence-corrected chi connectivity index (χ1v) is 8.90. The van der Waals surface area contributed by atoms with E-state index >= 15 is 0 Å². The molecule has 0 radical (unpaired) electrons. The number of rotatable bonds is 5. The summed E-state index contributed by atoms with van der Waals surface area (Å²) in [6.45, 7) is 0. The smallest absolute Gasteiger partial charge is 0.289 e. The first-order chi connectivity index (χ1) is 11.6. The molecular formula is C13H8Cl3N3O5S. The zero-order valence-corrected chi connectivity index (χ0v) is 15.1. The largest absolute Gasteiger partial charge is 0.506 e. The highest BCUT2D eigenvalue weighted by atomic mass is 35.5. The number of phenols is 1. The van der Waals surface area contributed by atoms with E-state index in [1.165, 1.54) is 12.1 Å². The number of halogens is 3. The van der Waals surface area contributed by atoms with Gasteiger partial charge in [-0.1, -0.05) is 34.8 Å². The number of hydrogen-bond donors (Lipinski definition) is 2. The van der Waals surface area contributed by atoms with Crippen molar-refractivity contribution in [2.24, 2.45) is 5.10 Å². The molecule has 2 aromatic carbocycles. The Morgan fingerprint density at radius 1 is 1.16 bits per heavy atom. The Morgan fingerprint density at radius 2 is 1.84 bits per heavy atom. The van der Waals surface area contributed by atoms with Crippen LogP contribution in [0.15, 0.2) is 40.3 Å². The third-order valence-corrected chi connectivity index (χ3v) is 4.91. The number of nitrogens with zero attached hydrogens (tertiary/aromatic N) is 2. The third kappa shape index (κ3) is 4.51. The van der Waals surface area contributed by atoms with Crippen LogP contribution >= 0.6 is 34.8 Å². The highest BCUT2D eigenvalue weighted by Gasteiger charge is 2.20. The number of hydrazone groups is 1. The van der Waals surface area contributed by atoms with Gasteiger partial charge in [0, 0.05) is 16.7 Å². The van der Waals surface area contributed by atoms with Crippen molar-refractivity contribution < 1.29 is 18.4 Å². The molecule has 0 aliphatic heterocycles. The molecule has 0 atom stereocenters. The highest BCUT2D eigenvalue weighted by Crippen LogP contribution is 2.30. The number of nitrogens with one attached hydrogen (secondary N) is 1. The van der Waals surface area contributed by atoms with E-state index in [4.69, 9.17) is 34.8 Å². The first-order valence-electron chi connectivity index (χ1n) is 6.28. The quantitative estimate of drug-likeness (QED) is 0.431. The Balaban J connectivity index is 2.28. The number of nitro benzene ring substituents is 1. The summed E-state index contributed by atoms with van der Waals surface area (Å²) in [5.74, 6) is -0.337. The molecule has 0 spiro atoms. The molecule has 132 valence electrons. The van der Waals surface area contributed by atoms with Crippen LogP contribution in [0.4, 0.5) is 5.69 Å². The van der Waals surface area contributed by atoms with Gasteiger partial charge in [-0.3, -0.25) is 10.1 Å². The maximum Gasteiger partial charge on any atom is 0.289 e. The Morgan fingerprint density at radius 3 is 2.48 bits per heavy atom. The maximum atomic E-state index is 12.1. The minimum absolute atomic E-state index is 0.0369. The van der Waals surface area contributed by atoms with Gasteiger partial charge >= 0.3 is 0 Å². The molecule has 8 nitrogen and oxygen atoms in total. The summed E-state index contributed by atoms with van der Waals surface area (Å²) in [6.07, 6.45) is 0.981. The van der Waals surface area contributed by atoms with Crippen molar-refractivity contribution in [3.63, 3.8) is 0 Å². The first kappa shape index (κ1) is 19.3. The van der Waals surface area contributed by atoms with E-state index in [1.54, 1.807) is 0 Å². The lowest BCUT2D eigenvalue weighted by atomic mass is 10.2. The summed E-state index contributed by atoms with van der Waals surface area (Å²) in [4.78, 5) is 11.5. The van der Waals surface area contributed by atoms with Crippen molar-refractivity contribution >= 4 is 56.7 Å². The van der Waals surface area contributed by atoms with Crippen LogP contribution < -0.4 is 4.83 Å². The van der Waals surface area contributed by atoms with E-state index in [1.807, 2.05) is 4.83 Å². The van der Waals surface area contributed by atoms with Gasteiger partial charge in [0.05, 0.1) is 21.1 Å². The van der Waals surface area contributed by atoms with Crippen LogP contribution in [0, 0.1) is 10.1 Å². The van der Waals surface area contributed by atoms with E-state index in [0.29, 0.717) is 0 Å². The van der Waals surface area contributed by atoms with E-state index in [-0.39, 0.29) is 26.4 Å². The second-order valence-corrected chi connectivity index (χ2v) is 7.46. The van der Waals surface area contributed by atoms with Crippen LogP contribution in [0.1, 0.15) is 5.56 Å². The molecule has 2 aromatic rings. The van der Waals surface area contributed by atoms with Crippen molar-refractivity contribution in [3.05, 3.63) is 61.1 Å². The molecule has 0 amide bonds. The second kappa shape index (κ2) is 7.44. The molecule has 2 N–H and O–H groups in total. The Hall–Kier alpha value is -2.07. The van der Waals surface area contributed by atoms with Gasteiger partial charge in [-0.25, -0.2) is 4.83 Å². The van der Waals surface area contributed by atoms with Gasteiger partial charge in [0.2, 0.25) is 0 Å². The molecule has 0 aliphatic rings. The van der Waals surface area contributed by atoms with Crippen molar-refractivity contribution in [2.75, 3.05) is 0 Å². The van der Waals surface area contributed by atoms with Crippen molar-refractivity contribution in [3.8, 4) is 5.75 Å². The maximum absolute atomic E-state index is 12.1. The lowest BCUT2D eigenvalue weighted by Crippen LogP contribution is -2.18. The number of phenolic OH excluding ortho intramolecular Hbond substituents is 1. The summed E-state index contributed by atoms with van der Waals surface area (Å²) in [5, 5.41) is 24.0. The summed E-state index contributed by atoms with van der Waals surface area (Å²) in [5.41, 5.74) is -0.491.